The van der Waals surface area contributed by atoms with Crippen LogP contribution < -0.4 is 0 Å². The zero-order valence-corrected chi connectivity index (χ0v) is 11.6. The van der Waals surface area contributed by atoms with Gasteiger partial charge in [0, 0.05) is 19.0 Å². The van der Waals surface area contributed by atoms with Crippen LogP contribution in [-0.2, 0) is 11.2 Å². The van der Waals surface area contributed by atoms with Gasteiger partial charge in [-0.3, -0.25) is 4.79 Å². The predicted octanol–water partition coefficient (Wildman–Crippen LogP) is 2.97. The first kappa shape index (κ1) is 15.6. The highest BCUT2D eigenvalue weighted by molar-refractivity contribution is 5.92. The van der Waals surface area contributed by atoms with E-state index in [1.54, 1.807) is 24.3 Å². The fourth-order valence-corrected chi connectivity index (χ4v) is 1.52. The third-order valence-electron chi connectivity index (χ3n) is 2.58. The predicted molar refractivity (Wildman–Crippen MR) is 77.6 cm³/mol. The Kier molecular flexibility index (Phi) is 5.59. The number of carbonyl (C=O) groups excluding carboxylic acids is 1. The van der Waals surface area contributed by atoms with Gasteiger partial charge in [-0.1, -0.05) is 30.4 Å². The normalized spacial score (nSPS) is 11.6. The van der Waals surface area contributed by atoms with Gasteiger partial charge in [0.1, 0.15) is 5.69 Å². The summed E-state index contributed by atoms with van der Waals surface area (Å²) in [7, 11) is 0. The molecule has 1 aromatic rings. The number of carboxylic acids is 1. The molecule has 1 N–H and O–H groups in total. The van der Waals surface area contributed by atoms with E-state index in [0.717, 1.165) is 11.3 Å². The number of nitrogens with zero attached hydrogens (tertiary/aromatic N) is 1. The van der Waals surface area contributed by atoms with Gasteiger partial charge in [0.25, 0.3) is 0 Å². The minimum atomic E-state index is -1.04. The van der Waals surface area contributed by atoms with Crippen molar-refractivity contribution in [1.82, 2.24) is 4.98 Å². The third kappa shape index (κ3) is 5.02. The van der Waals surface area contributed by atoms with Gasteiger partial charge < -0.3 is 5.11 Å². The Bertz CT molecular complexity index is 597. The zero-order valence-electron chi connectivity index (χ0n) is 11.6. The summed E-state index contributed by atoms with van der Waals surface area (Å²) in [5.41, 5.74) is 2.29. The summed E-state index contributed by atoms with van der Waals surface area (Å²) in [4.78, 5) is 26.1. The highest BCUT2D eigenvalue weighted by atomic mass is 16.4. The molecule has 1 aromatic heterocycles. The number of hydrogen-bond donors (Lipinski definition) is 1. The van der Waals surface area contributed by atoms with Gasteiger partial charge in [-0.2, -0.15) is 0 Å². The van der Waals surface area contributed by atoms with Crippen LogP contribution in [0.4, 0.5) is 0 Å². The number of aliphatic carboxylic acids is 1. The summed E-state index contributed by atoms with van der Waals surface area (Å²) >= 11 is 0. The van der Waals surface area contributed by atoms with Crippen LogP contribution in [0.2, 0.25) is 0 Å². The number of carbonyl (C=O) groups is 2. The smallest absolute Gasteiger partial charge is 0.335 e. The van der Waals surface area contributed by atoms with Crippen LogP contribution in [0.5, 0.6) is 0 Å². The minimum absolute atomic E-state index is 0.0331. The Labute approximate surface area is 118 Å². The van der Waals surface area contributed by atoms with Gasteiger partial charge in [0.05, 0.1) is 5.57 Å². The molecule has 0 fully saturated rings. The molecule has 4 heteroatoms. The third-order valence-corrected chi connectivity index (χ3v) is 2.58. The molecule has 0 aliphatic carbocycles. The van der Waals surface area contributed by atoms with Crippen molar-refractivity contribution in [3.05, 3.63) is 65.5 Å². The van der Waals surface area contributed by atoms with E-state index < -0.39 is 5.97 Å². The Morgan fingerprint density at radius 3 is 2.65 bits per heavy atom. The van der Waals surface area contributed by atoms with Gasteiger partial charge in [0.15, 0.2) is 5.78 Å². The van der Waals surface area contributed by atoms with Gasteiger partial charge in [0.2, 0.25) is 0 Å². The minimum Gasteiger partial charge on any atom is -0.478 e. The number of pyridine rings is 1. The lowest BCUT2D eigenvalue weighted by Crippen LogP contribution is -2.00. The lowest BCUT2D eigenvalue weighted by atomic mass is 10.1. The Balaban J connectivity index is 2.73. The van der Waals surface area contributed by atoms with Crippen LogP contribution in [0.1, 0.15) is 30.0 Å². The first-order valence-corrected chi connectivity index (χ1v) is 6.13. The standard InChI is InChI=1S/C16H17NO3/c1-11(6-4-7-12(2)16(19)20)10-14-8-5-9-15(17-14)13(3)18/h4-9H,2,10H2,1,3H3,(H,19,20)/b7-4-,11-6+. The molecule has 0 unspecified atom stereocenters. The van der Waals surface area contributed by atoms with E-state index in [0.29, 0.717) is 12.1 Å². The van der Waals surface area contributed by atoms with Gasteiger partial charge >= 0.3 is 5.97 Å². The Hall–Kier alpha value is -2.49. The molecule has 1 heterocycles. The van der Waals surface area contributed by atoms with Crippen LogP contribution in [0.3, 0.4) is 0 Å². The second-order valence-corrected chi connectivity index (χ2v) is 4.45. The van der Waals surface area contributed by atoms with Crippen molar-refractivity contribution in [2.75, 3.05) is 0 Å². The SMILES string of the molecule is C=C(/C=C\C=C(/C)Cc1cccc(C(C)=O)n1)C(=O)O. The van der Waals surface area contributed by atoms with Crippen molar-refractivity contribution in [2.24, 2.45) is 0 Å². The molecule has 0 aromatic carbocycles. The maximum atomic E-state index is 11.2. The molecule has 20 heavy (non-hydrogen) atoms. The van der Waals surface area contributed by atoms with E-state index in [4.69, 9.17) is 5.11 Å². The fraction of sp³-hybridized carbons (Fsp3) is 0.188. The quantitative estimate of drug-likeness (QED) is 0.490. The van der Waals surface area contributed by atoms with Crippen molar-refractivity contribution < 1.29 is 14.7 Å². The average Bonchev–Trinajstić information content (AvgIpc) is 2.38. The molecular weight excluding hydrogens is 254 g/mol. The average molecular weight is 271 g/mol. The Morgan fingerprint density at radius 1 is 1.35 bits per heavy atom. The molecule has 1 rings (SSSR count). The maximum absolute atomic E-state index is 11.2. The lowest BCUT2D eigenvalue weighted by Gasteiger charge is -2.02. The summed E-state index contributed by atoms with van der Waals surface area (Å²) in [5.74, 6) is -1.10. The number of carboxylic acid groups (broad SMARTS) is 1. The second-order valence-electron chi connectivity index (χ2n) is 4.45. The molecule has 4 nitrogen and oxygen atoms in total. The van der Waals surface area contributed by atoms with E-state index in [1.807, 2.05) is 13.0 Å². The van der Waals surface area contributed by atoms with E-state index >= 15 is 0 Å². The largest absolute Gasteiger partial charge is 0.478 e. The maximum Gasteiger partial charge on any atom is 0.335 e. The van der Waals surface area contributed by atoms with Crippen molar-refractivity contribution in [2.45, 2.75) is 20.3 Å². The second kappa shape index (κ2) is 7.19. The zero-order chi connectivity index (χ0) is 15.1. The first-order valence-electron chi connectivity index (χ1n) is 6.13. The number of allylic oxidation sites excluding steroid dienone is 3. The molecule has 104 valence electrons. The molecule has 0 aliphatic rings. The molecule has 0 radical (unpaired) electrons. The van der Waals surface area contributed by atoms with Crippen molar-refractivity contribution in [1.29, 1.82) is 0 Å². The van der Waals surface area contributed by atoms with E-state index in [9.17, 15) is 9.59 Å². The van der Waals surface area contributed by atoms with Crippen molar-refractivity contribution >= 4 is 11.8 Å². The van der Waals surface area contributed by atoms with Crippen molar-refractivity contribution in [3.63, 3.8) is 0 Å². The molecule has 0 saturated carbocycles. The lowest BCUT2D eigenvalue weighted by molar-refractivity contribution is -0.132. The van der Waals surface area contributed by atoms with E-state index in [2.05, 4.69) is 11.6 Å². The number of ketones is 1. The molecule has 0 amide bonds. The molecule has 0 aliphatic heterocycles. The monoisotopic (exact) mass is 271 g/mol. The first-order chi connectivity index (χ1) is 9.40. The van der Waals surface area contributed by atoms with E-state index in [1.165, 1.54) is 13.0 Å². The van der Waals surface area contributed by atoms with E-state index in [-0.39, 0.29) is 11.4 Å². The highest BCUT2D eigenvalue weighted by Gasteiger charge is 2.02. The number of Topliss-reactive ketones (excluding diaryl/α,β-unsaturated/α-hetero) is 1. The summed E-state index contributed by atoms with van der Waals surface area (Å²) in [6.07, 6.45) is 5.48. The molecule has 0 atom stereocenters. The molecule has 0 saturated heterocycles. The summed E-state index contributed by atoms with van der Waals surface area (Å²) < 4.78 is 0. The van der Waals surface area contributed by atoms with Gasteiger partial charge in [-0.05, 0) is 25.1 Å². The summed E-state index contributed by atoms with van der Waals surface area (Å²) in [6.45, 7) is 6.79. The molecular formula is C16H17NO3. The fourth-order valence-electron chi connectivity index (χ4n) is 1.52. The van der Waals surface area contributed by atoms with Crippen molar-refractivity contribution in [3.8, 4) is 0 Å². The van der Waals surface area contributed by atoms with Gasteiger partial charge in [-0.25, -0.2) is 9.78 Å². The summed E-state index contributed by atoms with van der Waals surface area (Å²) in [6, 6.07) is 5.33. The number of rotatable bonds is 6. The van der Waals surface area contributed by atoms with Crippen LogP contribution >= 0.6 is 0 Å². The van der Waals surface area contributed by atoms with Crippen LogP contribution in [0, 0.1) is 0 Å². The highest BCUT2D eigenvalue weighted by Crippen LogP contribution is 2.07. The Morgan fingerprint density at radius 2 is 2.05 bits per heavy atom. The molecule has 0 spiro atoms. The summed E-state index contributed by atoms with van der Waals surface area (Å²) in [5, 5.41) is 8.65. The van der Waals surface area contributed by atoms with Crippen LogP contribution in [-0.4, -0.2) is 21.8 Å². The number of hydrogen-bond acceptors (Lipinski definition) is 3. The topological polar surface area (TPSA) is 67.3 Å². The molecule has 0 bridgehead atoms. The van der Waals surface area contributed by atoms with Crippen LogP contribution in [0.15, 0.2) is 54.2 Å². The van der Waals surface area contributed by atoms with Crippen LogP contribution in [0.25, 0.3) is 0 Å². The number of aromatic nitrogens is 1. The van der Waals surface area contributed by atoms with Gasteiger partial charge in [-0.15, -0.1) is 0 Å².